The molecule has 1 aliphatic carbocycles. The number of hydrogen-bond donors (Lipinski definition) is 2. The van der Waals surface area contributed by atoms with Gasteiger partial charge in [-0.25, -0.2) is 0 Å². The van der Waals surface area contributed by atoms with E-state index in [1.165, 1.54) is 18.4 Å². The average Bonchev–Trinajstić information content (AvgIpc) is 3.31. The van der Waals surface area contributed by atoms with E-state index < -0.39 is 0 Å². The van der Waals surface area contributed by atoms with Gasteiger partial charge in [-0.1, -0.05) is 23.7 Å². The molecule has 0 radical (unpaired) electrons. The lowest BCUT2D eigenvalue weighted by Gasteiger charge is -2.19. The van der Waals surface area contributed by atoms with Crippen LogP contribution in [0.5, 0.6) is 0 Å². The predicted molar refractivity (Wildman–Crippen MR) is 97.4 cm³/mol. The van der Waals surface area contributed by atoms with Crippen LogP contribution in [0.3, 0.4) is 0 Å². The Kier molecular flexibility index (Phi) is 6.72. The Bertz CT molecular complexity index is 527. The predicted octanol–water partition coefficient (Wildman–Crippen LogP) is 3.35. The lowest BCUT2D eigenvalue weighted by Crippen LogP contribution is -2.41. The second kappa shape index (κ2) is 8.55. The third-order valence-corrected chi connectivity index (χ3v) is 4.41. The first-order valence-electron chi connectivity index (χ1n) is 8.38. The number of nitrogens with zero attached hydrogens (tertiary/aromatic N) is 1. The fourth-order valence-corrected chi connectivity index (χ4v) is 2.80. The SMILES string of the molecule is CN=C(NCCCOC(C)C)NCC1(c2cccc(Cl)c2)CC1. The summed E-state index contributed by atoms with van der Waals surface area (Å²) in [5.41, 5.74) is 1.53. The van der Waals surface area contributed by atoms with Gasteiger partial charge < -0.3 is 15.4 Å². The Morgan fingerprint density at radius 1 is 1.35 bits per heavy atom. The van der Waals surface area contributed by atoms with E-state index in [9.17, 15) is 0 Å². The molecular formula is C18H28ClN3O. The summed E-state index contributed by atoms with van der Waals surface area (Å²) >= 11 is 6.12. The molecule has 0 bridgehead atoms. The number of rotatable bonds is 8. The summed E-state index contributed by atoms with van der Waals surface area (Å²) < 4.78 is 5.54. The minimum atomic E-state index is 0.212. The molecule has 4 nitrogen and oxygen atoms in total. The van der Waals surface area contributed by atoms with E-state index in [4.69, 9.17) is 16.3 Å². The number of hydrogen-bond acceptors (Lipinski definition) is 2. The quantitative estimate of drug-likeness (QED) is 0.434. The highest BCUT2D eigenvalue weighted by atomic mass is 35.5. The normalized spacial score (nSPS) is 16.5. The van der Waals surface area contributed by atoms with Crippen molar-refractivity contribution in [1.29, 1.82) is 0 Å². The number of aliphatic imine (C=N–C) groups is 1. The summed E-state index contributed by atoms with van der Waals surface area (Å²) in [6.07, 6.45) is 3.65. The monoisotopic (exact) mass is 337 g/mol. The second-order valence-corrected chi connectivity index (χ2v) is 6.85. The van der Waals surface area contributed by atoms with Gasteiger partial charge in [-0.05, 0) is 50.8 Å². The van der Waals surface area contributed by atoms with E-state index >= 15 is 0 Å². The van der Waals surface area contributed by atoms with Crippen LogP contribution in [0.25, 0.3) is 0 Å². The molecule has 1 fully saturated rings. The third-order valence-electron chi connectivity index (χ3n) is 4.17. The number of guanidine groups is 1. The maximum atomic E-state index is 6.12. The standard InChI is InChI=1S/C18H28ClN3O/c1-14(2)23-11-5-10-21-17(20-3)22-13-18(8-9-18)15-6-4-7-16(19)12-15/h4,6-7,12,14H,5,8-11,13H2,1-3H3,(H2,20,21,22). The molecule has 128 valence electrons. The van der Waals surface area contributed by atoms with Crippen molar-refractivity contribution in [2.45, 2.75) is 44.6 Å². The van der Waals surface area contributed by atoms with Crippen LogP contribution in [-0.2, 0) is 10.2 Å². The first-order valence-corrected chi connectivity index (χ1v) is 8.76. The minimum absolute atomic E-state index is 0.212. The topological polar surface area (TPSA) is 45.7 Å². The number of ether oxygens (including phenoxy) is 1. The molecule has 5 heteroatoms. The van der Waals surface area contributed by atoms with Crippen LogP contribution in [0.1, 0.15) is 38.7 Å². The van der Waals surface area contributed by atoms with Gasteiger partial charge >= 0.3 is 0 Å². The highest BCUT2D eigenvalue weighted by Crippen LogP contribution is 2.48. The smallest absolute Gasteiger partial charge is 0.191 e. The van der Waals surface area contributed by atoms with Gasteiger partial charge in [0.05, 0.1) is 6.10 Å². The Morgan fingerprint density at radius 3 is 2.74 bits per heavy atom. The average molecular weight is 338 g/mol. The van der Waals surface area contributed by atoms with E-state index in [-0.39, 0.29) is 5.41 Å². The van der Waals surface area contributed by atoms with Gasteiger partial charge in [-0.3, -0.25) is 4.99 Å². The van der Waals surface area contributed by atoms with Crippen molar-refractivity contribution in [1.82, 2.24) is 10.6 Å². The van der Waals surface area contributed by atoms with Gasteiger partial charge in [0.25, 0.3) is 0 Å². The third kappa shape index (κ3) is 5.70. The Morgan fingerprint density at radius 2 is 2.13 bits per heavy atom. The molecule has 0 unspecified atom stereocenters. The highest BCUT2D eigenvalue weighted by molar-refractivity contribution is 6.30. The van der Waals surface area contributed by atoms with Gasteiger partial charge in [0.15, 0.2) is 5.96 Å². The molecule has 0 heterocycles. The fourth-order valence-electron chi connectivity index (χ4n) is 2.61. The van der Waals surface area contributed by atoms with Crippen LogP contribution in [0.2, 0.25) is 5.02 Å². The molecule has 1 aliphatic rings. The van der Waals surface area contributed by atoms with Gasteiger partial charge in [0, 0.05) is 37.2 Å². The van der Waals surface area contributed by atoms with Crippen molar-refractivity contribution in [2.24, 2.45) is 4.99 Å². The molecular weight excluding hydrogens is 310 g/mol. The largest absolute Gasteiger partial charge is 0.379 e. The summed E-state index contributed by atoms with van der Waals surface area (Å²) in [5.74, 6) is 0.850. The maximum absolute atomic E-state index is 6.12. The zero-order valence-corrected chi connectivity index (χ0v) is 15.1. The number of nitrogens with one attached hydrogen (secondary N) is 2. The molecule has 2 N–H and O–H groups in total. The van der Waals surface area contributed by atoms with Crippen LogP contribution in [-0.4, -0.2) is 38.8 Å². The van der Waals surface area contributed by atoms with Crippen molar-refractivity contribution in [3.63, 3.8) is 0 Å². The Labute approximate surface area is 144 Å². The molecule has 0 atom stereocenters. The highest BCUT2D eigenvalue weighted by Gasteiger charge is 2.44. The number of benzene rings is 1. The molecule has 0 aliphatic heterocycles. The Hall–Kier alpha value is -1.26. The molecule has 1 aromatic rings. The first-order chi connectivity index (χ1) is 11.1. The van der Waals surface area contributed by atoms with E-state index in [0.717, 1.165) is 37.1 Å². The molecule has 2 rings (SSSR count). The van der Waals surface area contributed by atoms with Crippen LogP contribution >= 0.6 is 11.6 Å². The van der Waals surface area contributed by atoms with Crippen LogP contribution in [0, 0.1) is 0 Å². The summed E-state index contributed by atoms with van der Waals surface area (Å²) in [7, 11) is 1.80. The van der Waals surface area contributed by atoms with Crippen molar-refractivity contribution in [2.75, 3.05) is 26.7 Å². The van der Waals surface area contributed by atoms with E-state index in [0.29, 0.717) is 6.10 Å². The molecule has 0 spiro atoms. The fraction of sp³-hybridized carbons (Fsp3) is 0.611. The lowest BCUT2D eigenvalue weighted by molar-refractivity contribution is 0.0776. The molecule has 1 aromatic carbocycles. The van der Waals surface area contributed by atoms with Crippen molar-refractivity contribution < 1.29 is 4.74 Å². The van der Waals surface area contributed by atoms with Gasteiger partial charge in [0.1, 0.15) is 0 Å². The van der Waals surface area contributed by atoms with Gasteiger partial charge in [-0.15, -0.1) is 0 Å². The minimum Gasteiger partial charge on any atom is -0.379 e. The second-order valence-electron chi connectivity index (χ2n) is 6.42. The summed E-state index contributed by atoms with van der Waals surface area (Å²) in [6, 6.07) is 8.20. The van der Waals surface area contributed by atoms with Crippen LogP contribution in [0.4, 0.5) is 0 Å². The molecule has 0 aromatic heterocycles. The molecule has 0 amide bonds. The van der Waals surface area contributed by atoms with Crippen molar-refractivity contribution in [3.8, 4) is 0 Å². The van der Waals surface area contributed by atoms with Crippen molar-refractivity contribution >= 4 is 17.6 Å². The first kappa shape index (κ1) is 18.1. The maximum Gasteiger partial charge on any atom is 0.191 e. The molecule has 23 heavy (non-hydrogen) atoms. The summed E-state index contributed by atoms with van der Waals surface area (Å²) in [5, 5.41) is 7.59. The lowest BCUT2D eigenvalue weighted by atomic mass is 9.96. The molecule has 0 saturated heterocycles. The van der Waals surface area contributed by atoms with E-state index in [1.54, 1.807) is 7.05 Å². The molecule has 1 saturated carbocycles. The zero-order valence-electron chi connectivity index (χ0n) is 14.4. The van der Waals surface area contributed by atoms with E-state index in [1.807, 2.05) is 12.1 Å². The zero-order chi connectivity index (χ0) is 16.7. The number of halogens is 1. The van der Waals surface area contributed by atoms with Gasteiger partial charge in [0.2, 0.25) is 0 Å². The van der Waals surface area contributed by atoms with Crippen molar-refractivity contribution in [3.05, 3.63) is 34.9 Å². The summed E-state index contributed by atoms with van der Waals surface area (Å²) in [4.78, 5) is 4.29. The van der Waals surface area contributed by atoms with Crippen LogP contribution in [0.15, 0.2) is 29.3 Å². The van der Waals surface area contributed by atoms with Gasteiger partial charge in [-0.2, -0.15) is 0 Å². The summed E-state index contributed by atoms with van der Waals surface area (Å²) in [6.45, 7) is 6.62. The Balaban J connectivity index is 1.75. The van der Waals surface area contributed by atoms with Crippen LogP contribution < -0.4 is 10.6 Å². The van der Waals surface area contributed by atoms with E-state index in [2.05, 4.69) is 41.6 Å².